The lowest BCUT2D eigenvalue weighted by atomic mass is 9.93. The van der Waals surface area contributed by atoms with Crippen LogP contribution in [0.3, 0.4) is 0 Å². The van der Waals surface area contributed by atoms with E-state index in [1.807, 2.05) is 27.7 Å². The number of anilines is 1. The Morgan fingerprint density at radius 3 is 2.12 bits per heavy atom. The van der Waals surface area contributed by atoms with Gasteiger partial charge in [0.15, 0.2) is 0 Å². The third kappa shape index (κ3) is 5.79. The monoisotopic (exact) mass is 386 g/mol. The summed E-state index contributed by atoms with van der Waals surface area (Å²) in [6.07, 6.45) is 1.06. The third-order valence-electron chi connectivity index (χ3n) is 4.11. The first-order chi connectivity index (χ1) is 12.0. The van der Waals surface area contributed by atoms with Crippen LogP contribution in [0.2, 0.25) is 0 Å². The number of methoxy groups -OCH3 is 2. The van der Waals surface area contributed by atoms with Gasteiger partial charge in [-0.25, -0.2) is 8.42 Å². The molecular weight excluding hydrogens is 356 g/mol. The largest absolute Gasteiger partial charge is 0.497 e. The molecule has 8 heteroatoms. The molecule has 1 rings (SSSR count). The van der Waals surface area contributed by atoms with Gasteiger partial charge in [0.25, 0.3) is 0 Å². The molecule has 1 aromatic rings. The van der Waals surface area contributed by atoms with E-state index in [4.69, 9.17) is 9.47 Å². The fourth-order valence-corrected chi connectivity index (χ4v) is 3.70. The molecule has 7 nitrogen and oxygen atoms in total. The Bertz CT molecular complexity index is 708. The molecule has 0 saturated carbocycles. The van der Waals surface area contributed by atoms with Crippen LogP contribution in [0.15, 0.2) is 18.2 Å². The number of amides is 1. The van der Waals surface area contributed by atoms with Gasteiger partial charge in [-0.1, -0.05) is 27.7 Å². The second-order valence-corrected chi connectivity index (χ2v) is 8.80. The molecule has 26 heavy (non-hydrogen) atoms. The van der Waals surface area contributed by atoms with E-state index >= 15 is 0 Å². The highest BCUT2D eigenvalue weighted by atomic mass is 32.2. The molecule has 0 radical (unpaired) electrons. The summed E-state index contributed by atoms with van der Waals surface area (Å²) in [6.45, 7) is 7.76. The molecule has 0 atom stereocenters. The maximum atomic E-state index is 12.5. The molecule has 1 N–H and O–H groups in total. The van der Waals surface area contributed by atoms with Crippen molar-refractivity contribution in [1.29, 1.82) is 0 Å². The molecule has 0 unspecified atom stereocenters. The van der Waals surface area contributed by atoms with Crippen LogP contribution >= 0.6 is 0 Å². The van der Waals surface area contributed by atoms with Crippen molar-refractivity contribution in [2.75, 3.05) is 31.3 Å². The summed E-state index contributed by atoms with van der Waals surface area (Å²) in [5.74, 6) is 0.957. The summed E-state index contributed by atoms with van der Waals surface area (Å²) >= 11 is 0. The van der Waals surface area contributed by atoms with Gasteiger partial charge in [-0.15, -0.1) is 0 Å². The first-order valence-electron chi connectivity index (χ1n) is 8.50. The number of hydrogen-bond acceptors (Lipinski definition) is 5. The summed E-state index contributed by atoms with van der Waals surface area (Å²) in [6, 6.07) is 4.73. The van der Waals surface area contributed by atoms with E-state index in [0.29, 0.717) is 11.5 Å². The van der Waals surface area contributed by atoms with E-state index in [1.54, 1.807) is 18.2 Å². The number of ether oxygens (including phenoxy) is 2. The zero-order valence-electron chi connectivity index (χ0n) is 16.6. The van der Waals surface area contributed by atoms with Crippen molar-refractivity contribution >= 4 is 21.6 Å². The summed E-state index contributed by atoms with van der Waals surface area (Å²) in [5, 5.41) is 2.94. The molecule has 148 valence electrons. The number of benzene rings is 1. The van der Waals surface area contributed by atoms with Gasteiger partial charge >= 0.3 is 0 Å². The predicted molar refractivity (Wildman–Crippen MR) is 103 cm³/mol. The lowest BCUT2D eigenvalue weighted by Crippen LogP contribution is -2.47. The molecular formula is C18H30N2O5S. The van der Waals surface area contributed by atoms with E-state index in [-0.39, 0.29) is 36.0 Å². The smallest absolute Gasteiger partial charge is 0.241 e. The van der Waals surface area contributed by atoms with E-state index in [9.17, 15) is 13.2 Å². The number of hydrogen-bond donors (Lipinski definition) is 1. The molecule has 0 aliphatic carbocycles. The Morgan fingerprint density at radius 1 is 1.12 bits per heavy atom. The zero-order valence-corrected chi connectivity index (χ0v) is 17.4. The van der Waals surface area contributed by atoms with Gasteiger partial charge < -0.3 is 14.8 Å². The molecule has 0 bridgehead atoms. The van der Waals surface area contributed by atoms with Gasteiger partial charge in [0.2, 0.25) is 15.9 Å². The van der Waals surface area contributed by atoms with Crippen LogP contribution in [-0.4, -0.2) is 47.4 Å². The molecule has 0 heterocycles. The van der Waals surface area contributed by atoms with E-state index in [1.165, 1.54) is 14.2 Å². The number of carbonyl (C=O) groups excluding carboxylic acids is 1. The summed E-state index contributed by atoms with van der Waals surface area (Å²) in [4.78, 5) is 12.5. The van der Waals surface area contributed by atoms with Crippen molar-refractivity contribution in [1.82, 2.24) is 5.32 Å². The van der Waals surface area contributed by atoms with Crippen LogP contribution in [0.25, 0.3) is 0 Å². The van der Waals surface area contributed by atoms with Crippen LogP contribution in [-0.2, 0) is 14.8 Å². The highest BCUT2D eigenvalue weighted by Gasteiger charge is 2.26. The van der Waals surface area contributed by atoms with Gasteiger partial charge in [-0.05, 0) is 24.0 Å². The zero-order chi connectivity index (χ0) is 20.1. The van der Waals surface area contributed by atoms with Crippen molar-refractivity contribution in [2.45, 2.75) is 33.7 Å². The fraction of sp³-hybridized carbons (Fsp3) is 0.611. The number of nitrogens with one attached hydrogen (secondary N) is 1. The van der Waals surface area contributed by atoms with Crippen LogP contribution in [0.1, 0.15) is 27.7 Å². The average Bonchev–Trinajstić information content (AvgIpc) is 2.55. The van der Waals surface area contributed by atoms with Gasteiger partial charge in [0, 0.05) is 12.1 Å². The SMILES string of the molecule is COc1ccc(N(CC(=O)NC(C(C)C)C(C)C)S(C)(=O)=O)c(OC)c1. The third-order valence-corrected chi connectivity index (χ3v) is 5.23. The minimum atomic E-state index is -3.69. The van der Waals surface area contributed by atoms with Crippen molar-refractivity contribution in [2.24, 2.45) is 11.8 Å². The Balaban J connectivity index is 3.16. The first kappa shape index (κ1) is 22.1. The van der Waals surface area contributed by atoms with Gasteiger partial charge in [0.05, 0.1) is 26.2 Å². The van der Waals surface area contributed by atoms with Crippen LogP contribution in [0, 0.1) is 11.8 Å². The van der Waals surface area contributed by atoms with Gasteiger partial charge in [-0.3, -0.25) is 9.10 Å². The molecule has 0 fully saturated rings. The molecule has 1 amide bonds. The van der Waals surface area contributed by atoms with Crippen molar-refractivity contribution < 1.29 is 22.7 Å². The fourth-order valence-electron chi connectivity index (χ4n) is 2.84. The molecule has 0 saturated heterocycles. The van der Waals surface area contributed by atoms with Crippen molar-refractivity contribution in [3.8, 4) is 11.5 Å². The van der Waals surface area contributed by atoms with Crippen molar-refractivity contribution in [3.63, 3.8) is 0 Å². The topological polar surface area (TPSA) is 84.9 Å². The van der Waals surface area contributed by atoms with Crippen LogP contribution < -0.4 is 19.1 Å². The van der Waals surface area contributed by atoms with Crippen molar-refractivity contribution in [3.05, 3.63) is 18.2 Å². The Kier molecular flexibility index (Phi) is 7.74. The minimum Gasteiger partial charge on any atom is -0.497 e. The highest BCUT2D eigenvalue weighted by molar-refractivity contribution is 7.92. The molecule has 0 aliphatic heterocycles. The normalized spacial score (nSPS) is 11.8. The molecule has 0 spiro atoms. The molecule has 0 aliphatic rings. The lowest BCUT2D eigenvalue weighted by Gasteiger charge is -2.29. The van der Waals surface area contributed by atoms with E-state index < -0.39 is 10.0 Å². The van der Waals surface area contributed by atoms with Gasteiger partial charge in [0.1, 0.15) is 18.0 Å². The molecule has 0 aromatic heterocycles. The van der Waals surface area contributed by atoms with Crippen LogP contribution in [0.4, 0.5) is 5.69 Å². The molecule has 1 aromatic carbocycles. The van der Waals surface area contributed by atoms with E-state index in [2.05, 4.69) is 5.32 Å². The predicted octanol–water partition coefficient (Wildman–Crippen LogP) is 2.27. The number of carbonyl (C=O) groups is 1. The second-order valence-electron chi connectivity index (χ2n) is 6.89. The summed E-state index contributed by atoms with van der Waals surface area (Å²) < 4.78 is 36.1. The number of nitrogens with zero attached hydrogens (tertiary/aromatic N) is 1. The summed E-state index contributed by atoms with van der Waals surface area (Å²) in [7, 11) is -0.745. The van der Waals surface area contributed by atoms with Crippen LogP contribution in [0.5, 0.6) is 11.5 Å². The number of rotatable bonds is 9. The first-order valence-corrected chi connectivity index (χ1v) is 10.3. The Morgan fingerprint density at radius 2 is 1.69 bits per heavy atom. The Labute approximate surface area is 156 Å². The average molecular weight is 387 g/mol. The van der Waals surface area contributed by atoms with Gasteiger partial charge in [-0.2, -0.15) is 0 Å². The summed E-state index contributed by atoms with van der Waals surface area (Å²) in [5.41, 5.74) is 0.289. The second kappa shape index (κ2) is 9.12. The van der Waals surface area contributed by atoms with E-state index in [0.717, 1.165) is 10.6 Å². The maximum Gasteiger partial charge on any atom is 0.241 e. The standard InChI is InChI=1S/C18H30N2O5S/c1-12(2)18(13(3)4)19-17(21)11-20(26(7,22)23)15-9-8-14(24-5)10-16(15)25-6/h8-10,12-13,18H,11H2,1-7H3,(H,19,21). The lowest BCUT2D eigenvalue weighted by molar-refractivity contribution is -0.121. The maximum absolute atomic E-state index is 12.5. The minimum absolute atomic E-state index is 0.0401. The highest BCUT2D eigenvalue weighted by Crippen LogP contribution is 2.33. The Hall–Kier alpha value is -1.96. The number of sulfonamides is 1. The quantitative estimate of drug-likeness (QED) is 0.704.